The van der Waals surface area contributed by atoms with Gasteiger partial charge in [0.1, 0.15) is 11.4 Å². The minimum atomic E-state index is -3.99. The first-order chi connectivity index (χ1) is 27.1. The van der Waals surface area contributed by atoms with Crippen LogP contribution in [0.25, 0.3) is 11.4 Å². The molecule has 59 heavy (non-hydrogen) atoms. The number of nitrogens with zero attached hydrogens (tertiary/aromatic N) is 10. The van der Waals surface area contributed by atoms with E-state index in [4.69, 9.17) is 10.3 Å². The van der Waals surface area contributed by atoms with Gasteiger partial charge in [0.25, 0.3) is 11.4 Å². The van der Waals surface area contributed by atoms with Gasteiger partial charge in [-0.1, -0.05) is 35.8 Å². The summed E-state index contributed by atoms with van der Waals surface area (Å²) in [6.07, 6.45) is 0. The van der Waals surface area contributed by atoms with Crippen molar-refractivity contribution in [1.82, 2.24) is 19.6 Å². The first kappa shape index (κ1) is 44.6. The van der Waals surface area contributed by atoms with Gasteiger partial charge in [-0.05, 0) is 50.2 Å². The molecule has 0 fully saturated rings. The molecule has 0 aliphatic carbocycles. The Morgan fingerprint density at radius 2 is 0.949 bits per heavy atom. The molecule has 1 radical (unpaired) electrons. The Morgan fingerprint density at radius 1 is 0.593 bits per heavy atom. The van der Waals surface area contributed by atoms with E-state index in [1.54, 1.807) is 0 Å². The summed E-state index contributed by atoms with van der Waals surface area (Å²) in [5.41, 5.74) is -1.20. The Kier molecular flexibility index (Phi) is 13.3. The van der Waals surface area contributed by atoms with Gasteiger partial charge in [0.05, 0.1) is 53.8 Å². The number of nitro benzene ring substituents is 2. The molecule has 27 heteroatoms. The quantitative estimate of drug-likeness (QED) is 0.113. The van der Waals surface area contributed by atoms with E-state index < -0.39 is 53.2 Å². The fourth-order valence-electron chi connectivity index (χ4n) is 4.76. The number of nitro groups is 2. The topological polar surface area (TPSA) is 384 Å². The van der Waals surface area contributed by atoms with E-state index >= 15 is 0 Å². The molecule has 4 N–H and O–H groups in total. The van der Waals surface area contributed by atoms with E-state index in [0.29, 0.717) is 0 Å². The third kappa shape index (κ3) is 10.2. The number of rotatable bonds is 10. The Bertz CT molecular complexity index is 2710. The normalized spacial score (nSPS) is 11.6. The molecule has 0 bridgehead atoms. The molecule has 0 aliphatic rings. The van der Waals surface area contributed by atoms with Crippen molar-refractivity contribution in [2.24, 2.45) is 30.7 Å². The second-order valence-electron chi connectivity index (χ2n) is 11.6. The third-order valence-corrected chi connectivity index (χ3v) is 9.40. The van der Waals surface area contributed by atoms with E-state index in [0.717, 1.165) is 45.8 Å². The summed E-state index contributed by atoms with van der Waals surface area (Å²) in [6, 6.07) is 16.4. The molecule has 0 saturated heterocycles. The number of azo groups is 2. The number of hydrogen-bond acceptors (Lipinski definition) is 18. The molecule has 6 aromatic rings. The Morgan fingerprint density at radius 3 is 1.27 bits per heavy atom. The minimum Gasteiger partial charge on any atom is -0.871 e. The zero-order chi connectivity index (χ0) is 42.7. The Labute approximate surface area is 344 Å². The smallest absolute Gasteiger partial charge is 0.871 e. The van der Waals surface area contributed by atoms with E-state index in [1.807, 2.05) is 0 Å². The SMILES string of the molecule is Cc1nn(-c2cccc(S(N)(=O)=O)c2)c([O-])c1N=Nc1cc([N+](=O)[O-])ccc1[O-].Cc1nn(-c2cccc(S(N)(=O)=O)c2)c([O-])c1N=Nc1cc([N+](=O)[O-])ccc1[O-].[Cr+3].[H+]. The van der Waals surface area contributed by atoms with E-state index in [2.05, 4.69) is 30.7 Å². The molecule has 0 saturated carbocycles. The molecule has 0 amide bonds. The predicted octanol–water partition coefficient (Wildman–Crippen LogP) is 2.71. The number of sulfonamides is 2. The van der Waals surface area contributed by atoms with Crippen molar-refractivity contribution < 1.29 is 65.9 Å². The van der Waals surface area contributed by atoms with Gasteiger partial charge in [-0.15, -0.1) is 10.2 Å². The first-order valence-electron chi connectivity index (χ1n) is 15.7. The van der Waals surface area contributed by atoms with Gasteiger partial charge >= 0.3 is 18.8 Å². The van der Waals surface area contributed by atoms with Gasteiger partial charge < -0.3 is 20.4 Å². The van der Waals surface area contributed by atoms with Crippen LogP contribution in [0.3, 0.4) is 0 Å². The zero-order valence-corrected chi connectivity index (χ0v) is 32.7. The molecule has 24 nitrogen and oxygen atoms in total. The van der Waals surface area contributed by atoms with Crippen LogP contribution in [0.1, 0.15) is 12.8 Å². The first-order valence-corrected chi connectivity index (χ1v) is 18.8. The molecular weight excluding hydrogens is 861 g/mol. The molecular formula is C32H25CrN12O12S2. The molecule has 2 aromatic heterocycles. The van der Waals surface area contributed by atoms with Crippen molar-refractivity contribution in [2.45, 2.75) is 23.6 Å². The fraction of sp³-hybridized carbons (Fsp3) is 0.0625. The van der Waals surface area contributed by atoms with Crippen LogP contribution in [0.2, 0.25) is 0 Å². The van der Waals surface area contributed by atoms with Crippen molar-refractivity contribution in [2.75, 3.05) is 0 Å². The number of hydrogen-bond donors (Lipinski definition) is 2. The van der Waals surface area contributed by atoms with Gasteiger partial charge in [0.15, 0.2) is 0 Å². The van der Waals surface area contributed by atoms with Crippen LogP contribution < -0.4 is 30.7 Å². The summed E-state index contributed by atoms with van der Waals surface area (Å²) in [6.45, 7) is 2.92. The number of aromatic nitrogens is 4. The summed E-state index contributed by atoms with van der Waals surface area (Å²) in [4.78, 5) is 19.8. The average Bonchev–Trinajstić information content (AvgIpc) is 3.61. The Hall–Kier alpha value is -7.15. The molecule has 4 aromatic carbocycles. The second-order valence-corrected chi connectivity index (χ2v) is 14.7. The van der Waals surface area contributed by atoms with Crippen LogP contribution in [-0.2, 0) is 37.4 Å². The number of aryl methyl sites for hydroxylation is 2. The molecule has 303 valence electrons. The summed E-state index contributed by atoms with van der Waals surface area (Å²) < 4.78 is 47.8. The maximum Gasteiger partial charge on any atom is 3.00 e. The van der Waals surface area contributed by atoms with Crippen LogP contribution >= 0.6 is 0 Å². The molecule has 0 atom stereocenters. The van der Waals surface area contributed by atoms with Crippen molar-refractivity contribution >= 4 is 54.2 Å². The predicted molar refractivity (Wildman–Crippen MR) is 193 cm³/mol. The van der Waals surface area contributed by atoms with E-state index in [1.165, 1.54) is 62.4 Å². The zero-order valence-electron chi connectivity index (χ0n) is 30.8. The summed E-state index contributed by atoms with van der Waals surface area (Å²) >= 11 is 0. The van der Waals surface area contributed by atoms with Gasteiger partial charge in [0, 0.05) is 36.0 Å². The van der Waals surface area contributed by atoms with Gasteiger partial charge in [-0.3, -0.25) is 20.2 Å². The van der Waals surface area contributed by atoms with Crippen LogP contribution in [0.15, 0.2) is 115 Å². The minimum absolute atomic E-state index is 0. The van der Waals surface area contributed by atoms with Crippen LogP contribution in [0.5, 0.6) is 23.3 Å². The molecule has 6 rings (SSSR count). The maximum atomic E-state index is 12.6. The summed E-state index contributed by atoms with van der Waals surface area (Å²) in [5.74, 6) is -2.68. The van der Waals surface area contributed by atoms with Crippen LogP contribution in [0, 0.1) is 34.1 Å². The second kappa shape index (κ2) is 17.6. The fourth-order valence-corrected chi connectivity index (χ4v) is 5.87. The largest absolute Gasteiger partial charge is 3.00 e. The van der Waals surface area contributed by atoms with E-state index in [9.17, 15) is 57.5 Å². The molecule has 0 unspecified atom stereocenters. The van der Waals surface area contributed by atoms with Crippen molar-refractivity contribution in [3.63, 3.8) is 0 Å². The van der Waals surface area contributed by atoms with Crippen molar-refractivity contribution in [3.05, 3.63) is 117 Å². The summed E-state index contributed by atoms with van der Waals surface area (Å²) in [5, 5.41) is 103. The molecule has 0 aliphatic heterocycles. The molecule has 0 spiro atoms. The van der Waals surface area contributed by atoms with E-state index in [-0.39, 0.29) is 85.5 Å². The molecule has 2 heterocycles. The van der Waals surface area contributed by atoms with Gasteiger partial charge in [0.2, 0.25) is 20.0 Å². The number of benzene rings is 4. The van der Waals surface area contributed by atoms with Crippen LogP contribution in [0.4, 0.5) is 34.1 Å². The van der Waals surface area contributed by atoms with Crippen LogP contribution in [-0.4, -0.2) is 46.2 Å². The van der Waals surface area contributed by atoms with Gasteiger partial charge in [-0.2, -0.15) is 20.4 Å². The van der Waals surface area contributed by atoms with Crippen molar-refractivity contribution in [3.8, 4) is 34.6 Å². The van der Waals surface area contributed by atoms with Crippen molar-refractivity contribution in [1.29, 1.82) is 0 Å². The number of primary sulfonamides is 2. The number of non-ortho nitro benzene ring substituents is 2. The maximum absolute atomic E-state index is 12.6. The monoisotopic (exact) mass is 885 g/mol. The average molecular weight is 886 g/mol. The van der Waals surface area contributed by atoms with Gasteiger partial charge in [-0.25, -0.2) is 36.5 Å². The summed E-state index contributed by atoms with van der Waals surface area (Å²) in [7, 11) is -7.97. The third-order valence-electron chi connectivity index (χ3n) is 7.58. The standard InChI is InChI=1S/2C16H14N6O6S.Cr/c2*1-9-15(19-18-13-8-11(22(25)26)5-6-14(13)23)16(24)21(20-9)10-3-2-4-12(7-10)29(17,27)28;/h2*2-8,23-24H,1H3,(H2,17,27,28);/q;;+3/p-3. The number of nitrogens with two attached hydrogens (primary N) is 2. The Balaban J connectivity index is 0.000000310.